The van der Waals surface area contributed by atoms with Crippen molar-refractivity contribution in [3.8, 4) is 6.07 Å². The lowest BCUT2D eigenvalue weighted by atomic mass is 10.1. The van der Waals surface area contributed by atoms with Gasteiger partial charge in [-0.3, -0.25) is 0 Å². The van der Waals surface area contributed by atoms with Crippen molar-refractivity contribution in [2.45, 2.75) is 39.2 Å². The van der Waals surface area contributed by atoms with E-state index in [1.54, 1.807) is 0 Å². The molecule has 0 aliphatic heterocycles. The molecule has 0 bridgehead atoms. The van der Waals surface area contributed by atoms with E-state index in [-0.39, 0.29) is 5.92 Å². The molecule has 1 fully saturated rings. The monoisotopic (exact) mass is 180 g/mol. The molecule has 2 heteroatoms. The fourth-order valence-corrected chi connectivity index (χ4v) is 2.20. The van der Waals surface area contributed by atoms with E-state index in [9.17, 15) is 0 Å². The second-order valence-electron chi connectivity index (χ2n) is 4.54. The van der Waals surface area contributed by atoms with Gasteiger partial charge in [-0.05, 0) is 39.2 Å². The topological polar surface area (TPSA) is 27.0 Å². The largest absolute Gasteiger partial charge is 0.302 e. The first kappa shape index (κ1) is 10.5. The second kappa shape index (κ2) is 4.62. The summed E-state index contributed by atoms with van der Waals surface area (Å²) in [7, 11) is 2.15. The molecule has 1 aliphatic rings. The summed E-state index contributed by atoms with van der Waals surface area (Å²) < 4.78 is 0. The van der Waals surface area contributed by atoms with Crippen molar-refractivity contribution in [1.82, 2.24) is 4.90 Å². The molecule has 13 heavy (non-hydrogen) atoms. The van der Waals surface area contributed by atoms with Crippen LogP contribution in [0.15, 0.2) is 0 Å². The van der Waals surface area contributed by atoms with Crippen LogP contribution in [0.2, 0.25) is 0 Å². The lowest BCUT2D eigenvalue weighted by molar-refractivity contribution is 0.226. The Kier molecular flexibility index (Phi) is 3.74. The summed E-state index contributed by atoms with van der Waals surface area (Å²) in [6.07, 6.45) is 3.99. The lowest BCUT2D eigenvalue weighted by Crippen LogP contribution is -2.32. The number of hydrogen-bond donors (Lipinski definition) is 0. The Morgan fingerprint density at radius 3 is 2.69 bits per heavy atom. The molecule has 0 radical (unpaired) electrons. The smallest absolute Gasteiger partial charge is 0.0666 e. The Balaban J connectivity index is 2.32. The summed E-state index contributed by atoms with van der Waals surface area (Å²) in [5.74, 6) is 1.05. The van der Waals surface area contributed by atoms with Crippen LogP contribution in [0, 0.1) is 23.2 Å². The molecule has 2 nitrogen and oxygen atoms in total. The normalized spacial score (nSPS) is 30.4. The van der Waals surface area contributed by atoms with Gasteiger partial charge in [-0.25, -0.2) is 0 Å². The lowest BCUT2D eigenvalue weighted by Gasteiger charge is -2.25. The number of nitrogens with zero attached hydrogens (tertiary/aromatic N) is 2. The van der Waals surface area contributed by atoms with Gasteiger partial charge < -0.3 is 4.90 Å². The SMILES string of the molecule is CC(C#N)CN(C)C1CCC(C)C1. The first-order chi connectivity index (χ1) is 6.13. The summed E-state index contributed by atoms with van der Waals surface area (Å²) in [6.45, 7) is 5.24. The van der Waals surface area contributed by atoms with Gasteiger partial charge in [0.2, 0.25) is 0 Å². The molecular formula is C11H20N2. The highest BCUT2D eigenvalue weighted by Gasteiger charge is 2.25. The predicted molar refractivity (Wildman–Crippen MR) is 54.2 cm³/mol. The molecular weight excluding hydrogens is 160 g/mol. The molecule has 0 aromatic rings. The Morgan fingerprint density at radius 1 is 1.54 bits per heavy atom. The Morgan fingerprint density at radius 2 is 2.23 bits per heavy atom. The molecule has 0 aromatic heterocycles. The first-order valence-corrected chi connectivity index (χ1v) is 5.23. The van der Waals surface area contributed by atoms with Crippen LogP contribution in [0.3, 0.4) is 0 Å². The van der Waals surface area contributed by atoms with Crippen LogP contribution < -0.4 is 0 Å². The summed E-state index contributed by atoms with van der Waals surface area (Å²) in [5, 5.41) is 8.70. The minimum absolute atomic E-state index is 0.168. The van der Waals surface area contributed by atoms with E-state index in [4.69, 9.17) is 5.26 Å². The third-order valence-corrected chi connectivity index (χ3v) is 3.07. The minimum Gasteiger partial charge on any atom is -0.302 e. The predicted octanol–water partition coefficient (Wildman–Crippen LogP) is 2.27. The first-order valence-electron chi connectivity index (χ1n) is 5.23. The highest BCUT2D eigenvalue weighted by atomic mass is 15.1. The third kappa shape index (κ3) is 3.00. The zero-order chi connectivity index (χ0) is 9.84. The average Bonchev–Trinajstić information content (AvgIpc) is 2.51. The van der Waals surface area contributed by atoms with E-state index in [1.165, 1.54) is 19.3 Å². The van der Waals surface area contributed by atoms with Crippen molar-refractivity contribution in [3.05, 3.63) is 0 Å². The Hall–Kier alpha value is -0.550. The van der Waals surface area contributed by atoms with Crippen LogP contribution in [-0.2, 0) is 0 Å². The van der Waals surface area contributed by atoms with Crippen LogP contribution in [0.25, 0.3) is 0 Å². The van der Waals surface area contributed by atoms with Gasteiger partial charge in [-0.1, -0.05) is 6.92 Å². The van der Waals surface area contributed by atoms with Crippen molar-refractivity contribution >= 4 is 0 Å². The highest BCUT2D eigenvalue weighted by molar-refractivity contribution is 4.85. The van der Waals surface area contributed by atoms with Gasteiger partial charge in [0, 0.05) is 12.6 Å². The van der Waals surface area contributed by atoms with Crippen LogP contribution in [0.1, 0.15) is 33.1 Å². The van der Waals surface area contributed by atoms with Crippen molar-refractivity contribution in [2.24, 2.45) is 11.8 Å². The van der Waals surface area contributed by atoms with E-state index in [2.05, 4.69) is 24.9 Å². The second-order valence-corrected chi connectivity index (χ2v) is 4.54. The zero-order valence-electron chi connectivity index (χ0n) is 8.95. The number of rotatable bonds is 3. The maximum absolute atomic E-state index is 8.70. The molecule has 1 aliphatic carbocycles. The van der Waals surface area contributed by atoms with E-state index >= 15 is 0 Å². The van der Waals surface area contributed by atoms with Crippen molar-refractivity contribution in [3.63, 3.8) is 0 Å². The molecule has 3 unspecified atom stereocenters. The number of hydrogen-bond acceptors (Lipinski definition) is 2. The molecule has 1 saturated carbocycles. The maximum atomic E-state index is 8.70. The van der Waals surface area contributed by atoms with Gasteiger partial charge in [-0.2, -0.15) is 5.26 Å². The molecule has 0 heterocycles. The maximum Gasteiger partial charge on any atom is 0.0666 e. The van der Waals surface area contributed by atoms with Crippen molar-refractivity contribution < 1.29 is 0 Å². The highest BCUT2D eigenvalue weighted by Crippen LogP contribution is 2.28. The zero-order valence-corrected chi connectivity index (χ0v) is 8.95. The molecule has 3 atom stereocenters. The molecule has 0 amide bonds. The summed E-state index contributed by atoms with van der Waals surface area (Å²) in [4.78, 5) is 2.36. The van der Waals surface area contributed by atoms with Crippen molar-refractivity contribution in [2.75, 3.05) is 13.6 Å². The van der Waals surface area contributed by atoms with Crippen molar-refractivity contribution in [1.29, 1.82) is 5.26 Å². The summed E-state index contributed by atoms with van der Waals surface area (Å²) in [5.41, 5.74) is 0. The van der Waals surface area contributed by atoms with Gasteiger partial charge in [0.15, 0.2) is 0 Å². The summed E-state index contributed by atoms with van der Waals surface area (Å²) >= 11 is 0. The molecule has 0 saturated heterocycles. The summed E-state index contributed by atoms with van der Waals surface area (Å²) in [6, 6.07) is 3.02. The molecule has 1 rings (SSSR count). The van der Waals surface area contributed by atoms with E-state index in [1.807, 2.05) is 6.92 Å². The molecule has 0 spiro atoms. The van der Waals surface area contributed by atoms with Gasteiger partial charge in [-0.15, -0.1) is 0 Å². The van der Waals surface area contributed by atoms with Crippen LogP contribution in [0.4, 0.5) is 0 Å². The van der Waals surface area contributed by atoms with Gasteiger partial charge >= 0.3 is 0 Å². The van der Waals surface area contributed by atoms with Crippen LogP contribution in [0.5, 0.6) is 0 Å². The van der Waals surface area contributed by atoms with Crippen LogP contribution >= 0.6 is 0 Å². The van der Waals surface area contributed by atoms with E-state index < -0.39 is 0 Å². The minimum atomic E-state index is 0.168. The van der Waals surface area contributed by atoms with Gasteiger partial charge in [0.25, 0.3) is 0 Å². The van der Waals surface area contributed by atoms with E-state index in [0.717, 1.165) is 18.5 Å². The standard InChI is InChI=1S/C11H20N2/c1-9-4-5-11(6-9)13(3)8-10(2)7-12/h9-11H,4-6,8H2,1-3H3. The Bertz CT molecular complexity index is 195. The fourth-order valence-electron chi connectivity index (χ4n) is 2.20. The molecule has 0 N–H and O–H groups in total. The fraction of sp³-hybridized carbons (Fsp3) is 0.909. The van der Waals surface area contributed by atoms with E-state index in [0.29, 0.717) is 0 Å². The average molecular weight is 180 g/mol. The van der Waals surface area contributed by atoms with Gasteiger partial charge in [0.05, 0.1) is 12.0 Å². The molecule has 0 aromatic carbocycles. The van der Waals surface area contributed by atoms with Crippen LogP contribution in [-0.4, -0.2) is 24.5 Å². The quantitative estimate of drug-likeness (QED) is 0.666. The Labute approximate surface area is 81.5 Å². The molecule has 74 valence electrons. The third-order valence-electron chi connectivity index (χ3n) is 3.07. The van der Waals surface area contributed by atoms with Gasteiger partial charge in [0.1, 0.15) is 0 Å². The number of nitriles is 1.